The van der Waals surface area contributed by atoms with E-state index in [1.807, 2.05) is 0 Å². The maximum absolute atomic E-state index is 12.3. The predicted octanol–water partition coefficient (Wildman–Crippen LogP) is 0.420. The van der Waals surface area contributed by atoms with Gasteiger partial charge < -0.3 is 15.5 Å². The van der Waals surface area contributed by atoms with Gasteiger partial charge in [-0.05, 0) is 26.7 Å². The van der Waals surface area contributed by atoms with Gasteiger partial charge in [0, 0.05) is 32.0 Å². The highest BCUT2D eigenvalue weighted by molar-refractivity contribution is 5.92. The molecular weight excluding hydrogens is 270 g/mol. The van der Waals surface area contributed by atoms with Gasteiger partial charge in [-0.15, -0.1) is 0 Å². The Balaban J connectivity index is 1.78. The Kier molecular flexibility index (Phi) is 4.85. The number of nitrogens with zero attached hydrogens (tertiary/aromatic N) is 1. The summed E-state index contributed by atoms with van der Waals surface area (Å²) in [5.74, 6) is -0.0214. The fourth-order valence-electron chi connectivity index (χ4n) is 3.10. The van der Waals surface area contributed by atoms with Gasteiger partial charge in [0.2, 0.25) is 17.7 Å². The first kappa shape index (κ1) is 15.8. The van der Waals surface area contributed by atoms with Crippen LogP contribution in [0, 0.1) is 5.92 Å². The molecule has 0 aromatic rings. The van der Waals surface area contributed by atoms with E-state index in [0.717, 1.165) is 25.7 Å². The van der Waals surface area contributed by atoms with Crippen molar-refractivity contribution < 1.29 is 14.4 Å². The van der Waals surface area contributed by atoms with Crippen LogP contribution in [0.4, 0.5) is 0 Å². The fraction of sp³-hybridized carbons (Fsp3) is 0.800. The van der Waals surface area contributed by atoms with Crippen LogP contribution in [0.15, 0.2) is 0 Å². The number of hydrogen-bond acceptors (Lipinski definition) is 3. The Labute approximate surface area is 125 Å². The van der Waals surface area contributed by atoms with Gasteiger partial charge in [0.25, 0.3) is 0 Å². The fourth-order valence-corrected chi connectivity index (χ4v) is 3.10. The monoisotopic (exact) mass is 295 g/mol. The molecule has 21 heavy (non-hydrogen) atoms. The lowest BCUT2D eigenvalue weighted by atomic mass is 9.98. The molecule has 2 rings (SSSR count). The highest BCUT2D eigenvalue weighted by Gasteiger charge is 2.40. The molecule has 1 aliphatic heterocycles. The molecule has 0 spiro atoms. The zero-order valence-corrected chi connectivity index (χ0v) is 12.9. The first-order chi connectivity index (χ1) is 9.93. The van der Waals surface area contributed by atoms with Crippen LogP contribution in [0.25, 0.3) is 0 Å². The zero-order chi connectivity index (χ0) is 15.5. The lowest BCUT2D eigenvalue weighted by molar-refractivity contribution is -0.149. The third kappa shape index (κ3) is 3.54. The quantitative estimate of drug-likeness (QED) is 0.789. The Morgan fingerprint density at radius 2 is 2.00 bits per heavy atom. The summed E-state index contributed by atoms with van der Waals surface area (Å²) < 4.78 is 0. The standard InChI is InChI=1S/C15H25N3O3/c1-15(2)14(21)17-9-10-18(15)12(19)7-8-16-13(20)11-5-3-4-6-11/h11H,3-10H2,1-2H3,(H,16,20)(H,17,21). The first-order valence-electron chi connectivity index (χ1n) is 7.79. The number of nitrogens with one attached hydrogen (secondary N) is 2. The van der Waals surface area contributed by atoms with E-state index in [-0.39, 0.29) is 30.1 Å². The van der Waals surface area contributed by atoms with Gasteiger partial charge in [-0.2, -0.15) is 0 Å². The summed E-state index contributed by atoms with van der Waals surface area (Å²) in [6.07, 6.45) is 4.40. The van der Waals surface area contributed by atoms with E-state index in [9.17, 15) is 14.4 Å². The van der Waals surface area contributed by atoms with Crippen molar-refractivity contribution in [1.29, 1.82) is 0 Å². The Hall–Kier alpha value is -1.59. The Bertz CT molecular complexity index is 428. The van der Waals surface area contributed by atoms with Crippen LogP contribution in [0.2, 0.25) is 0 Å². The van der Waals surface area contributed by atoms with Crippen molar-refractivity contribution in [3.63, 3.8) is 0 Å². The van der Waals surface area contributed by atoms with Crippen molar-refractivity contribution in [2.75, 3.05) is 19.6 Å². The Morgan fingerprint density at radius 3 is 2.67 bits per heavy atom. The van der Waals surface area contributed by atoms with Gasteiger partial charge >= 0.3 is 0 Å². The highest BCUT2D eigenvalue weighted by atomic mass is 16.2. The molecule has 0 atom stereocenters. The van der Waals surface area contributed by atoms with Crippen molar-refractivity contribution in [1.82, 2.24) is 15.5 Å². The molecule has 0 unspecified atom stereocenters. The number of carbonyl (C=O) groups is 3. The number of piperazine rings is 1. The molecule has 1 heterocycles. The van der Waals surface area contributed by atoms with Crippen molar-refractivity contribution in [2.45, 2.75) is 51.5 Å². The molecule has 1 saturated heterocycles. The van der Waals surface area contributed by atoms with Gasteiger partial charge in [0.15, 0.2) is 0 Å². The van der Waals surface area contributed by atoms with E-state index in [1.165, 1.54) is 0 Å². The molecular formula is C15H25N3O3. The average Bonchev–Trinajstić information content (AvgIpc) is 2.95. The number of rotatable bonds is 4. The molecule has 118 valence electrons. The summed E-state index contributed by atoms with van der Waals surface area (Å²) in [5, 5.41) is 5.61. The first-order valence-corrected chi connectivity index (χ1v) is 7.79. The normalized spacial score (nSPS) is 22.0. The summed E-state index contributed by atoms with van der Waals surface area (Å²) in [7, 11) is 0. The van der Waals surface area contributed by atoms with Crippen LogP contribution in [0.1, 0.15) is 46.0 Å². The average molecular weight is 295 g/mol. The van der Waals surface area contributed by atoms with E-state index in [1.54, 1.807) is 18.7 Å². The Morgan fingerprint density at radius 1 is 1.33 bits per heavy atom. The topological polar surface area (TPSA) is 78.5 Å². The molecule has 6 heteroatoms. The highest BCUT2D eigenvalue weighted by Crippen LogP contribution is 2.24. The predicted molar refractivity (Wildman–Crippen MR) is 78.4 cm³/mol. The summed E-state index contributed by atoms with van der Waals surface area (Å²) in [6.45, 7) is 4.85. The van der Waals surface area contributed by atoms with Gasteiger partial charge in [0.1, 0.15) is 5.54 Å². The molecule has 0 aromatic heterocycles. The molecule has 2 N–H and O–H groups in total. The van der Waals surface area contributed by atoms with Crippen LogP contribution >= 0.6 is 0 Å². The van der Waals surface area contributed by atoms with E-state index in [0.29, 0.717) is 19.6 Å². The number of carbonyl (C=O) groups excluding carboxylic acids is 3. The van der Waals surface area contributed by atoms with Crippen molar-refractivity contribution in [3.05, 3.63) is 0 Å². The molecule has 0 bridgehead atoms. The largest absolute Gasteiger partial charge is 0.355 e. The minimum atomic E-state index is -0.815. The number of hydrogen-bond donors (Lipinski definition) is 2. The van der Waals surface area contributed by atoms with Crippen LogP contribution < -0.4 is 10.6 Å². The van der Waals surface area contributed by atoms with E-state index in [2.05, 4.69) is 10.6 Å². The minimum absolute atomic E-state index is 0.0657. The summed E-state index contributed by atoms with van der Waals surface area (Å²) in [5.41, 5.74) is -0.815. The van der Waals surface area contributed by atoms with Gasteiger partial charge in [0.05, 0.1) is 0 Å². The summed E-state index contributed by atoms with van der Waals surface area (Å²) in [6, 6.07) is 0. The second kappa shape index (κ2) is 6.45. The van der Waals surface area contributed by atoms with E-state index < -0.39 is 5.54 Å². The van der Waals surface area contributed by atoms with Crippen LogP contribution in [0.3, 0.4) is 0 Å². The van der Waals surface area contributed by atoms with Gasteiger partial charge in [-0.25, -0.2) is 0 Å². The maximum Gasteiger partial charge on any atom is 0.245 e. The lowest BCUT2D eigenvalue weighted by Gasteiger charge is -2.41. The smallest absolute Gasteiger partial charge is 0.245 e. The summed E-state index contributed by atoms with van der Waals surface area (Å²) in [4.78, 5) is 37.6. The molecule has 1 aliphatic carbocycles. The third-order valence-electron chi connectivity index (χ3n) is 4.52. The second-order valence-corrected chi connectivity index (χ2v) is 6.38. The van der Waals surface area contributed by atoms with Crippen molar-refractivity contribution in [3.8, 4) is 0 Å². The molecule has 0 aromatic carbocycles. The van der Waals surface area contributed by atoms with Crippen molar-refractivity contribution >= 4 is 17.7 Å². The minimum Gasteiger partial charge on any atom is -0.355 e. The lowest BCUT2D eigenvalue weighted by Crippen LogP contribution is -2.63. The molecule has 2 fully saturated rings. The van der Waals surface area contributed by atoms with E-state index >= 15 is 0 Å². The number of amides is 3. The van der Waals surface area contributed by atoms with Gasteiger partial charge in [-0.1, -0.05) is 12.8 Å². The molecule has 0 radical (unpaired) electrons. The maximum atomic E-state index is 12.3. The molecule has 3 amide bonds. The summed E-state index contributed by atoms with van der Waals surface area (Å²) >= 11 is 0. The van der Waals surface area contributed by atoms with Crippen molar-refractivity contribution in [2.24, 2.45) is 5.92 Å². The molecule has 2 aliphatic rings. The SMILES string of the molecule is CC1(C)C(=O)NCCN1C(=O)CCNC(=O)C1CCCC1. The second-order valence-electron chi connectivity index (χ2n) is 6.38. The molecule has 6 nitrogen and oxygen atoms in total. The van der Waals surface area contributed by atoms with E-state index in [4.69, 9.17) is 0 Å². The molecule has 1 saturated carbocycles. The van der Waals surface area contributed by atoms with Crippen LogP contribution in [-0.2, 0) is 14.4 Å². The van der Waals surface area contributed by atoms with Crippen LogP contribution in [0.5, 0.6) is 0 Å². The zero-order valence-electron chi connectivity index (χ0n) is 12.9. The third-order valence-corrected chi connectivity index (χ3v) is 4.52. The van der Waals surface area contributed by atoms with Gasteiger partial charge in [-0.3, -0.25) is 14.4 Å². The van der Waals surface area contributed by atoms with Crippen LogP contribution in [-0.4, -0.2) is 47.8 Å².